The van der Waals surface area contributed by atoms with Crippen LogP contribution in [0.5, 0.6) is 0 Å². The molecule has 0 bridgehead atoms. The number of rotatable bonds is 1. The van der Waals surface area contributed by atoms with E-state index < -0.39 is 216 Å². The van der Waals surface area contributed by atoms with Gasteiger partial charge in [-0.1, -0.05) is 53.3 Å². The first-order valence-electron chi connectivity index (χ1n) is 26.2. The molecule has 12 aliphatic heterocycles. The van der Waals surface area contributed by atoms with Gasteiger partial charge < -0.3 is 114 Å². The molecule has 12 fully saturated rings. The fourth-order valence-corrected chi connectivity index (χ4v) is 6.10. The Morgan fingerprint density at radius 3 is 0.880 bits per heavy atom. The van der Waals surface area contributed by atoms with Gasteiger partial charge >= 0.3 is 144 Å². The number of hydrogen-bond donors (Lipinski definition) is 0. The summed E-state index contributed by atoms with van der Waals surface area (Å²) in [5, 5.41) is 0. The molecule has 0 aromatic heterocycles. The molecule has 0 aliphatic carbocycles. The van der Waals surface area contributed by atoms with Gasteiger partial charge in [-0.05, 0) is 66.7 Å². The molecule has 12 rings (SSSR count). The molecule has 0 aromatic rings. The van der Waals surface area contributed by atoms with Crippen LogP contribution in [0.25, 0.3) is 0 Å². The molecule has 624 valence electrons. The Labute approximate surface area is 620 Å². The maximum Gasteiger partial charge on any atom is 0.518 e. The van der Waals surface area contributed by atoms with E-state index in [-0.39, 0.29) is 19.6 Å². The van der Waals surface area contributed by atoms with E-state index in [2.05, 4.69) is 114 Å². The minimum absolute atomic E-state index is 0.0543. The molecule has 0 amide bonds. The van der Waals surface area contributed by atoms with Crippen molar-refractivity contribution in [3.8, 4) is 0 Å². The first-order chi connectivity index (χ1) is 48.7. The minimum Gasteiger partial charge on any atom is -0.430 e. The van der Waals surface area contributed by atoms with Crippen LogP contribution < -0.4 is 0 Å². The predicted octanol–water partition coefficient (Wildman–Crippen LogP) is 14.7. The van der Waals surface area contributed by atoms with Crippen LogP contribution in [0, 0.1) is 0 Å². The van der Waals surface area contributed by atoms with Gasteiger partial charge in [0.2, 0.25) is 46.7 Å². The van der Waals surface area contributed by atoms with Crippen LogP contribution in [0.15, 0.2) is 0 Å². The van der Waals surface area contributed by atoms with Crippen molar-refractivity contribution in [2.75, 3.05) is 19.8 Å². The van der Waals surface area contributed by atoms with Gasteiger partial charge in [0.25, 0.3) is 12.7 Å². The molecular formula is C44H36Cl8F20O36. The lowest BCUT2D eigenvalue weighted by molar-refractivity contribution is -0.344. The van der Waals surface area contributed by atoms with E-state index >= 15 is 0 Å². The maximum absolute atomic E-state index is 12.7. The Morgan fingerprint density at radius 1 is 0.370 bits per heavy atom. The molecule has 15 unspecified atom stereocenters. The number of hydrogen-bond acceptors (Lipinski definition) is 36. The number of alkyl halides is 28. The van der Waals surface area contributed by atoms with E-state index in [1.54, 1.807) is 0 Å². The van der Waals surface area contributed by atoms with Crippen molar-refractivity contribution in [2.45, 2.75) is 177 Å². The third-order valence-electron chi connectivity index (χ3n) is 10.2. The molecule has 108 heavy (non-hydrogen) atoms. The van der Waals surface area contributed by atoms with Gasteiger partial charge in [0, 0.05) is 13.8 Å². The molecule has 12 heterocycles. The molecule has 12 saturated heterocycles. The smallest absolute Gasteiger partial charge is 0.430 e. The van der Waals surface area contributed by atoms with Gasteiger partial charge in [-0.3, -0.25) is 0 Å². The van der Waals surface area contributed by atoms with Gasteiger partial charge in [-0.25, -0.2) is 57.5 Å². The van der Waals surface area contributed by atoms with Crippen LogP contribution in [0.4, 0.5) is 145 Å². The molecule has 64 heteroatoms. The van der Waals surface area contributed by atoms with Crippen molar-refractivity contribution in [1.82, 2.24) is 0 Å². The summed E-state index contributed by atoms with van der Waals surface area (Å²) < 4.78 is 326. The van der Waals surface area contributed by atoms with Gasteiger partial charge in [-0.15, -0.1) is 0 Å². The Balaban J connectivity index is 0.000000590. The molecule has 0 saturated carbocycles. The highest BCUT2D eigenvalue weighted by atomic mass is 35.5. The zero-order valence-electron chi connectivity index (χ0n) is 51.6. The number of ether oxygens (including phenoxy) is 24. The summed E-state index contributed by atoms with van der Waals surface area (Å²) in [7, 11) is 0. The number of halogens is 28. The average Bonchev–Trinajstić information content (AvgIpc) is 1.65. The predicted molar refractivity (Wildman–Crippen MR) is 284 cm³/mol. The number of cyclic esters (lactones) is 24. The summed E-state index contributed by atoms with van der Waals surface area (Å²) in [6, 6.07) is 0. The largest absolute Gasteiger partial charge is 0.518 e. The summed E-state index contributed by atoms with van der Waals surface area (Å²) in [6.45, 7) is 4.42. The molecule has 0 radical (unpaired) electrons. The molecule has 12 aliphatic rings. The molecule has 0 N–H and O–H groups in total. The quantitative estimate of drug-likeness (QED) is 0.102. The second-order valence-electron chi connectivity index (χ2n) is 18.5. The normalized spacial score (nSPS) is 32.2. The monoisotopic (exact) mass is 1800 g/mol. The van der Waals surface area contributed by atoms with Crippen molar-refractivity contribution in [3.05, 3.63) is 0 Å². The van der Waals surface area contributed by atoms with Gasteiger partial charge in [0.1, 0.15) is 19.3 Å². The van der Waals surface area contributed by atoms with Crippen molar-refractivity contribution in [2.24, 2.45) is 0 Å². The zero-order chi connectivity index (χ0) is 84.2. The second-order valence-corrected chi connectivity index (χ2v) is 22.8. The minimum atomic E-state index is -4.84. The Hall–Kier alpha value is -7.84. The van der Waals surface area contributed by atoms with Crippen LogP contribution in [0.3, 0.4) is 0 Å². The van der Waals surface area contributed by atoms with E-state index in [9.17, 15) is 145 Å². The molecule has 0 spiro atoms. The van der Waals surface area contributed by atoms with E-state index in [4.69, 9.17) is 92.8 Å². The van der Waals surface area contributed by atoms with Crippen molar-refractivity contribution < 1.29 is 259 Å². The lowest BCUT2D eigenvalue weighted by Crippen LogP contribution is -2.39. The molecular weight excluding hydrogens is 1770 g/mol. The first kappa shape index (κ1) is 98.2. The number of carbonyl (C=O) groups is 12. The third-order valence-corrected chi connectivity index (χ3v) is 13.3. The van der Waals surface area contributed by atoms with Crippen LogP contribution in [0.1, 0.15) is 41.0 Å². The SMILES string of the molecule is CC1(F)OC(=O)OC1(C)F.CC1OC(=O)OC1(F)F.CC1OC(=O)OC1C(F)(F)F.CCC1OC(=O)OC1(F)F.O=C1OC(Cl)(Cl)C(Cl)(Cl)O1.O=C1OC(Cl)C(Cl)O1.O=C1OC(F)(F)C(F)(F)O1.O=C1OC(F)C(Cl)O1.O=C1OC(F)C(F)O1.O=C1OCC(C(F)(F)F)O1.O=C1OCC(Cl)O1.O=C1OCC(F)O1. The maximum atomic E-state index is 12.7. The lowest BCUT2D eigenvalue weighted by atomic mass is 10.2. The van der Waals surface area contributed by atoms with Crippen LogP contribution in [-0.4, -0.2) is 229 Å². The second kappa shape index (κ2) is 39.7. The Kier molecular flexibility index (Phi) is 36.1. The van der Waals surface area contributed by atoms with Gasteiger partial charge in [-0.2, -0.15) is 87.8 Å². The highest BCUT2D eigenvalue weighted by Crippen LogP contribution is 2.49. The fraction of sp³-hybridized carbons (Fsp3) is 0.727. The van der Waals surface area contributed by atoms with E-state index in [0.29, 0.717) is 0 Å². The van der Waals surface area contributed by atoms with Crippen molar-refractivity contribution in [1.29, 1.82) is 0 Å². The van der Waals surface area contributed by atoms with E-state index in [0.717, 1.165) is 27.7 Å². The molecule has 0 aromatic carbocycles. The summed E-state index contributed by atoms with van der Waals surface area (Å²) in [5.41, 5.74) is -3.54. The van der Waals surface area contributed by atoms with Gasteiger partial charge in [0.15, 0.2) is 6.61 Å². The average molecular weight is 1800 g/mol. The van der Waals surface area contributed by atoms with Crippen LogP contribution in [0.2, 0.25) is 0 Å². The Bertz CT molecular complexity index is 2860. The van der Waals surface area contributed by atoms with Crippen LogP contribution >= 0.6 is 92.8 Å². The molecule has 15 atom stereocenters. The summed E-state index contributed by atoms with van der Waals surface area (Å²) in [4.78, 5) is 120. The highest BCUT2D eigenvalue weighted by molar-refractivity contribution is 6.62. The lowest BCUT2D eigenvalue weighted by Gasteiger charge is -2.19. The number of carbonyl (C=O) groups excluding carboxylic acids is 12. The van der Waals surface area contributed by atoms with Gasteiger partial charge in [0.05, 0.1) is 0 Å². The third kappa shape index (κ3) is 32.8. The van der Waals surface area contributed by atoms with E-state index in [1.165, 1.54) is 6.92 Å². The van der Waals surface area contributed by atoms with E-state index in [1.807, 2.05) is 0 Å². The summed E-state index contributed by atoms with van der Waals surface area (Å²) in [6.07, 6.45) is -56.2. The summed E-state index contributed by atoms with van der Waals surface area (Å²) in [5.74, 6) is -5.35. The van der Waals surface area contributed by atoms with Crippen LogP contribution in [-0.2, 0) is 114 Å². The standard InChI is InChI=1S/C5H5F3O3.2C5H6F2O3.C4H3F3O3.C4H4F2O3.C3Cl4O3.C3H2Cl2O3.C3H2ClFO3.C3H3ClO3.C3F4O3.C3H2F2O3.C3H3FO3/c1-2-3(5(6,7)8)11-4(9)10-2;1-4(6)5(2,7)10-3(8)9-4;1-2-3-5(6,7)10-4(8)9-3;5-4(6,7)2-1-9-3(8)10-2;1-2-4(5,6)9-3(7)8-2;4-2(5)3(6,7)10-1(8)9-2;2*4-1-2(5)8-3(6)7-1;4-2-1-6-3(5)7-2;4-2(5)3(6,7)10-1(8)9-2;4-1-2(5)8-3(6)7-1;4-2-1-6-3(5)7-2/h2-3H,1H3;1-2H3;3H,2H2,1H3;2H,1H2;2H,1H3;;2*1-2H;2H,1H2;;1-2H;2H,1H2. The summed E-state index contributed by atoms with van der Waals surface area (Å²) >= 11 is 41.9. The topological polar surface area (TPSA) is 426 Å². The first-order valence-corrected chi connectivity index (χ1v) is 29.4. The molecule has 36 nitrogen and oxygen atoms in total. The van der Waals surface area contributed by atoms with Crippen molar-refractivity contribution in [3.63, 3.8) is 0 Å². The van der Waals surface area contributed by atoms with Crippen molar-refractivity contribution >= 4 is 167 Å². The highest BCUT2D eigenvalue weighted by Gasteiger charge is 2.71. The fourth-order valence-electron chi connectivity index (χ4n) is 5.18. The zero-order valence-corrected chi connectivity index (χ0v) is 57.7. The Morgan fingerprint density at radius 2 is 0.741 bits per heavy atom.